The number of rotatable bonds is 8. The maximum atomic E-state index is 5.62. The predicted octanol–water partition coefficient (Wildman–Crippen LogP) is 2.69. The summed E-state index contributed by atoms with van der Waals surface area (Å²) in [6.07, 6.45) is 7.06. The van der Waals surface area contributed by atoms with Gasteiger partial charge in [0.05, 0.1) is 12.9 Å². The average Bonchev–Trinajstić information content (AvgIpc) is 3.21. The second-order valence-electron chi connectivity index (χ2n) is 5.20. The summed E-state index contributed by atoms with van der Waals surface area (Å²) in [6.45, 7) is 2.08. The van der Waals surface area contributed by atoms with Crippen molar-refractivity contribution >= 4 is 0 Å². The van der Waals surface area contributed by atoms with Crippen LogP contribution in [0.2, 0.25) is 0 Å². The highest BCUT2D eigenvalue weighted by molar-refractivity contribution is 5.12. The third-order valence-corrected chi connectivity index (χ3v) is 3.35. The van der Waals surface area contributed by atoms with Gasteiger partial charge in [0, 0.05) is 36.5 Å². The molecule has 1 N–H and O–H groups in total. The van der Waals surface area contributed by atoms with E-state index in [2.05, 4.69) is 16.4 Å². The lowest BCUT2D eigenvalue weighted by Gasteiger charge is -2.01. The van der Waals surface area contributed by atoms with Crippen LogP contribution in [-0.4, -0.2) is 17.6 Å². The van der Waals surface area contributed by atoms with Crippen LogP contribution in [0.5, 0.6) is 0 Å². The molecule has 4 nitrogen and oxygen atoms in total. The van der Waals surface area contributed by atoms with E-state index in [1.807, 2.05) is 24.5 Å². The molecule has 0 unspecified atom stereocenters. The van der Waals surface area contributed by atoms with Gasteiger partial charge >= 0.3 is 0 Å². The average molecular weight is 272 g/mol. The van der Waals surface area contributed by atoms with Gasteiger partial charge in [-0.2, -0.15) is 0 Å². The number of furan rings is 1. The van der Waals surface area contributed by atoms with E-state index < -0.39 is 0 Å². The molecule has 0 bridgehead atoms. The zero-order chi connectivity index (χ0) is 13.6. The molecule has 0 atom stereocenters. The molecule has 0 spiro atoms. The molecule has 1 fully saturated rings. The molecule has 3 rings (SSSR count). The summed E-state index contributed by atoms with van der Waals surface area (Å²) in [5, 5.41) is 3.47. The summed E-state index contributed by atoms with van der Waals surface area (Å²) in [7, 11) is 0. The lowest BCUT2D eigenvalue weighted by molar-refractivity contribution is 0.108. The summed E-state index contributed by atoms with van der Waals surface area (Å²) < 4.78 is 11.1. The fourth-order valence-corrected chi connectivity index (χ4v) is 2.04. The maximum Gasteiger partial charge on any atom is 0.129 e. The van der Waals surface area contributed by atoms with E-state index >= 15 is 0 Å². The SMILES string of the molecule is c1ccc(CCOCc2cc(CNC3CC3)co2)nc1. The topological polar surface area (TPSA) is 47.3 Å². The molecule has 2 aromatic rings. The summed E-state index contributed by atoms with van der Waals surface area (Å²) in [5.74, 6) is 0.888. The molecule has 2 heterocycles. The Morgan fingerprint density at radius 2 is 2.30 bits per heavy atom. The van der Waals surface area contributed by atoms with Crippen LogP contribution < -0.4 is 5.32 Å². The number of aromatic nitrogens is 1. The van der Waals surface area contributed by atoms with Crippen molar-refractivity contribution in [3.05, 3.63) is 53.7 Å². The Kier molecular flexibility index (Phi) is 4.46. The third-order valence-electron chi connectivity index (χ3n) is 3.35. The lowest BCUT2D eigenvalue weighted by atomic mass is 10.3. The number of nitrogens with zero attached hydrogens (tertiary/aromatic N) is 1. The number of pyridine rings is 1. The van der Waals surface area contributed by atoms with Crippen molar-refractivity contribution < 1.29 is 9.15 Å². The van der Waals surface area contributed by atoms with Crippen LogP contribution in [0.4, 0.5) is 0 Å². The molecular weight excluding hydrogens is 252 g/mol. The van der Waals surface area contributed by atoms with Crippen LogP contribution >= 0.6 is 0 Å². The molecule has 106 valence electrons. The Bertz CT molecular complexity index is 520. The van der Waals surface area contributed by atoms with Crippen molar-refractivity contribution in [3.63, 3.8) is 0 Å². The van der Waals surface area contributed by atoms with Gasteiger partial charge in [0.1, 0.15) is 12.4 Å². The van der Waals surface area contributed by atoms with E-state index in [0.717, 1.165) is 30.5 Å². The highest BCUT2D eigenvalue weighted by Crippen LogP contribution is 2.19. The standard InChI is InChI=1S/C16H20N2O2/c1-2-7-17-14(3-1)6-8-19-12-16-9-13(11-20-16)10-18-15-4-5-15/h1-3,7,9,11,15,18H,4-6,8,10,12H2. The van der Waals surface area contributed by atoms with E-state index in [-0.39, 0.29) is 0 Å². The number of hydrogen-bond donors (Lipinski definition) is 1. The Hall–Kier alpha value is -1.65. The van der Waals surface area contributed by atoms with Gasteiger partial charge < -0.3 is 14.5 Å². The summed E-state index contributed by atoms with van der Waals surface area (Å²) in [4.78, 5) is 4.26. The molecule has 0 saturated heterocycles. The second-order valence-corrected chi connectivity index (χ2v) is 5.20. The zero-order valence-electron chi connectivity index (χ0n) is 11.5. The summed E-state index contributed by atoms with van der Waals surface area (Å²) >= 11 is 0. The van der Waals surface area contributed by atoms with Gasteiger partial charge in [-0.1, -0.05) is 6.07 Å². The van der Waals surface area contributed by atoms with E-state index in [1.54, 1.807) is 6.20 Å². The number of ether oxygens (including phenoxy) is 1. The summed E-state index contributed by atoms with van der Waals surface area (Å²) in [5.41, 5.74) is 2.25. The highest BCUT2D eigenvalue weighted by atomic mass is 16.5. The van der Waals surface area contributed by atoms with Gasteiger partial charge in [0.25, 0.3) is 0 Å². The molecular formula is C16H20N2O2. The first-order valence-electron chi connectivity index (χ1n) is 7.17. The molecule has 1 aliphatic rings. The minimum atomic E-state index is 0.524. The Morgan fingerprint density at radius 1 is 1.35 bits per heavy atom. The Balaban J connectivity index is 1.35. The Labute approximate surface area is 119 Å². The smallest absolute Gasteiger partial charge is 0.129 e. The van der Waals surface area contributed by atoms with Gasteiger partial charge in [-0.05, 0) is 31.0 Å². The van der Waals surface area contributed by atoms with Crippen molar-refractivity contribution in [1.29, 1.82) is 0 Å². The highest BCUT2D eigenvalue weighted by Gasteiger charge is 2.20. The fourth-order valence-electron chi connectivity index (χ4n) is 2.04. The molecule has 0 radical (unpaired) electrons. The largest absolute Gasteiger partial charge is 0.467 e. The van der Waals surface area contributed by atoms with Crippen molar-refractivity contribution in [1.82, 2.24) is 10.3 Å². The molecule has 0 aromatic carbocycles. The predicted molar refractivity (Wildman–Crippen MR) is 76.2 cm³/mol. The molecule has 0 amide bonds. The molecule has 0 aliphatic heterocycles. The molecule has 1 saturated carbocycles. The van der Waals surface area contributed by atoms with Gasteiger partial charge in [-0.25, -0.2) is 0 Å². The molecule has 1 aliphatic carbocycles. The van der Waals surface area contributed by atoms with Crippen molar-refractivity contribution in [2.24, 2.45) is 0 Å². The van der Waals surface area contributed by atoms with Gasteiger partial charge in [-0.3, -0.25) is 4.98 Å². The first-order chi connectivity index (χ1) is 9.90. The van der Waals surface area contributed by atoms with Gasteiger partial charge in [-0.15, -0.1) is 0 Å². The fraction of sp³-hybridized carbons (Fsp3) is 0.438. The van der Waals surface area contributed by atoms with Crippen LogP contribution in [0.25, 0.3) is 0 Å². The van der Waals surface area contributed by atoms with Crippen LogP contribution in [0, 0.1) is 0 Å². The monoisotopic (exact) mass is 272 g/mol. The normalized spacial score (nSPS) is 14.6. The van der Waals surface area contributed by atoms with Crippen molar-refractivity contribution in [3.8, 4) is 0 Å². The van der Waals surface area contributed by atoms with E-state index in [9.17, 15) is 0 Å². The van der Waals surface area contributed by atoms with Crippen LogP contribution in [-0.2, 0) is 24.3 Å². The van der Waals surface area contributed by atoms with E-state index in [0.29, 0.717) is 13.2 Å². The quantitative estimate of drug-likeness (QED) is 0.751. The first kappa shape index (κ1) is 13.3. The van der Waals surface area contributed by atoms with Crippen LogP contribution in [0.1, 0.15) is 29.9 Å². The summed E-state index contributed by atoms with van der Waals surface area (Å²) in [6, 6.07) is 8.72. The van der Waals surface area contributed by atoms with E-state index in [1.165, 1.54) is 18.4 Å². The minimum absolute atomic E-state index is 0.524. The zero-order valence-corrected chi connectivity index (χ0v) is 11.5. The Morgan fingerprint density at radius 3 is 3.10 bits per heavy atom. The van der Waals surface area contributed by atoms with Crippen molar-refractivity contribution in [2.75, 3.05) is 6.61 Å². The third kappa shape index (κ3) is 4.18. The maximum absolute atomic E-state index is 5.62. The van der Waals surface area contributed by atoms with Crippen LogP contribution in [0.3, 0.4) is 0 Å². The van der Waals surface area contributed by atoms with Crippen molar-refractivity contribution in [2.45, 2.75) is 38.5 Å². The second kappa shape index (κ2) is 6.68. The van der Waals surface area contributed by atoms with Gasteiger partial charge in [0.15, 0.2) is 0 Å². The number of nitrogens with one attached hydrogen (secondary N) is 1. The minimum Gasteiger partial charge on any atom is -0.467 e. The lowest BCUT2D eigenvalue weighted by Crippen LogP contribution is -2.14. The number of hydrogen-bond acceptors (Lipinski definition) is 4. The first-order valence-corrected chi connectivity index (χ1v) is 7.17. The molecule has 4 heteroatoms. The molecule has 2 aromatic heterocycles. The van der Waals surface area contributed by atoms with E-state index in [4.69, 9.17) is 9.15 Å². The van der Waals surface area contributed by atoms with Crippen LogP contribution in [0.15, 0.2) is 41.1 Å². The van der Waals surface area contributed by atoms with Gasteiger partial charge in [0.2, 0.25) is 0 Å². The molecule has 20 heavy (non-hydrogen) atoms.